The molecular formula is C18H16N2O3S. The van der Waals surface area contributed by atoms with Gasteiger partial charge in [0.2, 0.25) is 5.89 Å². The number of thiophene rings is 1. The smallest absolute Gasteiger partial charge is 0.349 e. The van der Waals surface area contributed by atoms with Gasteiger partial charge in [0.05, 0.1) is 0 Å². The second kappa shape index (κ2) is 6.20. The monoisotopic (exact) mass is 340 g/mol. The Bertz CT molecular complexity index is 848. The number of aromatic nitrogens is 2. The van der Waals surface area contributed by atoms with Crippen molar-refractivity contribution in [1.29, 1.82) is 0 Å². The van der Waals surface area contributed by atoms with Crippen LogP contribution in [-0.4, -0.2) is 16.2 Å². The largest absolute Gasteiger partial charge is 0.448 e. The van der Waals surface area contributed by atoms with E-state index in [1.807, 2.05) is 36.4 Å². The van der Waals surface area contributed by atoms with Gasteiger partial charge in [0, 0.05) is 10.4 Å². The van der Waals surface area contributed by atoms with Gasteiger partial charge < -0.3 is 9.15 Å². The average molecular weight is 340 g/mol. The number of ether oxygens (including phenoxy) is 1. The number of carbonyl (C=O) groups is 1. The van der Waals surface area contributed by atoms with Crippen molar-refractivity contribution in [3.8, 4) is 11.5 Å². The Hall–Kier alpha value is -2.47. The molecule has 6 heteroatoms. The van der Waals surface area contributed by atoms with Crippen molar-refractivity contribution < 1.29 is 13.9 Å². The van der Waals surface area contributed by atoms with E-state index in [2.05, 4.69) is 10.2 Å². The van der Waals surface area contributed by atoms with E-state index in [0.717, 1.165) is 18.4 Å². The van der Waals surface area contributed by atoms with Gasteiger partial charge in [-0.3, -0.25) is 0 Å². The van der Waals surface area contributed by atoms with E-state index >= 15 is 0 Å². The molecule has 1 aliphatic carbocycles. The Morgan fingerprint density at radius 1 is 1.25 bits per heavy atom. The van der Waals surface area contributed by atoms with Crippen LogP contribution in [0.4, 0.5) is 0 Å². The molecule has 2 aromatic heterocycles. The van der Waals surface area contributed by atoms with Gasteiger partial charge >= 0.3 is 5.97 Å². The fourth-order valence-corrected chi connectivity index (χ4v) is 3.93. The van der Waals surface area contributed by atoms with Crippen LogP contribution in [0.5, 0.6) is 0 Å². The molecule has 24 heavy (non-hydrogen) atoms. The maximum atomic E-state index is 12.3. The van der Waals surface area contributed by atoms with Crippen LogP contribution in [-0.2, 0) is 17.6 Å². The summed E-state index contributed by atoms with van der Waals surface area (Å²) in [6.07, 6.45) is 2.71. The number of hydrogen-bond acceptors (Lipinski definition) is 6. The topological polar surface area (TPSA) is 65.2 Å². The van der Waals surface area contributed by atoms with Gasteiger partial charge in [-0.05, 0) is 49.9 Å². The second-order valence-corrected chi connectivity index (χ2v) is 6.91. The minimum absolute atomic E-state index is 0.298. The summed E-state index contributed by atoms with van der Waals surface area (Å²) in [5.41, 5.74) is 2.12. The Labute approximate surface area is 143 Å². The number of hydrogen-bond donors (Lipinski definition) is 0. The van der Waals surface area contributed by atoms with Crippen molar-refractivity contribution in [2.45, 2.75) is 32.3 Å². The van der Waals surface area contributed by atoms with Crippen molar-refractivity contribution in [3.05, 3.63) is 57.6 Å². The van der Waals surface area contributed by atoms with Crippen molar-refractivity contribution in [2.24, 2.45) is 0 Å². The second-order valence-electron chi connectivity index (χ2n) is 5.77. The standard InChI is InChI=1S/C18H16N2O3S/c1-11(16-19-20-17(23-16)12-6-3-2-4-7-12)22-18(21)15-10-13-8-5-9-14(13)24-15/h2-4,6-7,10-11H,5,8-9H2,1H3/t11-/m0/s1. The molecule has 0 radical (unpaired) electrons. The van der Waals surface area contributed by atoms with Crippen LogP contribution in [0.1, 0.15) is 45.5 Å². The van der Waals surface area contributed by atoms with Gasteiger partial charge in [-0.15, -0.1) is 21.5 Å². The average Bonchev–Trinajstić information content (AvgIpc) is 3.31. The van der Waals surface area contributed by atoms with Crippen molar-refractivity contribution in [3.63, 3.8) is 0 Å². The molecule has 0 bridgehead atoms. The SMILES string of the molecule is C[C@H](OC(=O)c1cc2c(s1)CCC2)c1nnc(-c2ccccc2)o1. The van der Waals surface area contributed by atoms with Crippen LogP contribution in [0.15, 0.2) is 40.8 Å². The molecule has 5 nitrogen and oxygen atoms in total. The zero-order valence-electron chi connectivity index (χ0n) is 13.2. The first-order valence-corrected chi connectivity index (χ1v) is 8.74. The van der Waals surface area contributed by atoms with Gasteiger partial charge in [0.15, 0.2) is 6.10 Å². The summed E-state index contributed by atoms with van der Waals surface area (Å²) in [6, 6.07) is 11.5. The number of aryl methyl sites for hydroxylation is 2. The summed E-state index contributed by atoms with van der Waals surface area (Å²) >= 11 is 1.53. The van der Waals surface area contributed by atoms with E-state index in [9.17, 15) is 4.79 Å². The summed E-state index contributed by atoms with van der Waals surface area (Å²) in [7, 11) is 0. The molecule has 3 aromatic rings. The molecule has 0 saturated carbocycles. The molecular weight excluding hydrogens is 324 g/mol. The third-order valence-corrected chi connectivity index (χ3v) is 5.26. The number of carbonyl (C=O) groups excluding carboxylic acids is 1. The van der Waals surface area contributed by atoms with Crippen LogP contribution in [0, 0.1) is 0 Å². The van der Waals surface area contributed by atoms with Gasteiger partial charge in [0.1, 0.15) is 4.88 Å². The van der Waals surface area contributed by atoms with E-state index < -0.39 is 6.10 Å². The molecule has 0 unspecified atom stereocenters. The van der Waals surface area contributed by atoms with Crippen molar-refractivity contribution in [2.75, 3.05) is 0 Å². The molecule has 0 saturated heterocycles. The van der Waals surface area contributed by atoms with Gasteiger partial charge in [0.25, 0.3) is 5.89 Å². The quantitative estimate of drug-likeness (QED) is 0.666. The lowest BCUT2D eigenvalue weighted by Crippen LogP contribution is -2.08. The molecule has 122 valence electrons. The first-order chi connectivity index (χ1) is 11.7. The van der Waals surface area contributed by atoms with Crippen LogP contribution in [0.2, 0.25) is 0 Å². The lowest BCUT2D eigenvalue weighted by atomic mass is 10.2. The maximum Gasteiger partial charge on any atom is 0.349 e. The summed E-state index contributed by atoms with van der Waals surface area (Å²) in [4.78, 5) is 14.3. The zero-order valence-corrected chi connectivity index (χ0v) is 14.0. The molecule has 2 heterocycles. The molecule has 4 rings (SSSR count). The lowest BCUT2D eigenvalue weighted by molar-refractivity contribution is 0.0285. The molecule has 1 aliphatic rings. The predicted octanol–water partition coefficient (Wildman–Crippen LogP) is 4.20. The number of rotatable bonds is 4. The summed E-state index contributed by atoms with van der Waals surface area (Å²) in [5.74, 6) is 0.385. The molecule has 0 amide bonds. The Balaban J connectivity index is 1.47. The highest BCUT2D eigenvalue weighted by Gasteiger charge is 2.23. The van der Waals surface area contributed by atoms with Crippen LogP contribution in [0.3, 0.4) is 0 Å². The number of benzene rings is 1. The highest BCUT2D eigenvalue weighted by atomic mass is 32.1. The van der Waals surface area contributed by atoms with E-state index in [1.54, 1.807) is 6.92 Å². The normalized spacial score (nSPS) is 14.4. The highest BCUT2D eigenvalue weighted by Crippen LogP contribution is 2.32. The Morgan fingerprint density at radius 3 is 2.88 bits per heavy atom. The number of fused-ring (bicyclic) bond motifs is 1. The van der Waals surface area contributed by atoms with E-state index in [1.165, 1.54) is 28.2 Å². The minimum atomic E-state index is -0.584. The number of nitrogens with zero attached hydrogens (tertiary/aromatic N) is 2. The number of esters is 1. The van der Waals surface area contributed by atoms with Crippen LogP contribution >= 0.6 is 11.3 Å². The van der Waals surface area contributed by atoms with Crippen LogP contribution < -0.4 is 0 Å². The molecule has 0 aliphatic heterocycles. The maximum absolute atomic E-state index is 12.3. The van der Waals surface area contributed by atoms with Gasteiger partial charge in [-0.25, -0.2) is 4.79 Å². The first kappa shape index (κ1) is 15.1. The highest BCUT2D eigenvalue weighted by molar-refractivity contribution is 7.14. The summed E-state index contributed by atoms with van der Waals surface area (Å²) < 4.78 is 11.1. The van der Waals surface area contributed by atoms with Crippen LogP contribution in [0.25, 0.3) is 11.5 Å². The fourth-order valence-electron chi connectivity index (χ4n) is 2.79. The fraction of sp³-hybridized carbons (Fsp3) is 0.278. The molecule has 0 N–H and O–H groups in total. The summed E-state index contributed by atoms with van der Waals surface area (Å²) in [5, 5.41) is 8.02. The van der Waals surface area contributed by atoms with E-state index in [4.69, 9.17) is 9.15 Å². The third-order valence-electron chi connectivity index (χ3n) is 4.04. The lowest BCUT2D eigenvalue weighted by Gasteiger charge is -2.08. The Morgan fingerprint density at radius 2 is 2.08 bits per heavy atom. The van der Waals surface area contributed by atoms with E-state index in [0.29, 0.717) is 16.7 Å². The predicted molar refractivity (Wildman–Crippen MR) is 89.9 cm³/mol. The molecule has 1 aromatic carbocycles. The third kappa shape index (κ3) is 2.85. The Kier molecular flexibility index (Phi) is 3.90. The summed E-state index contributed by atoms with van der Waals surface area (Å²) in [6.45, 7) is 1.74. The van der Waals surface area contributed by atoms with E-state index in [-0.39, 0.29) is 5.97 Å². The van der Waals surface area contributed by atoms with Gasteiger partial charge in [-0.2, -0.15) is 0 Å². The minimum Gasteiger partial charge on any atom is -0.448 e. The van der Waals surface area contributed by atoms with Crippen molar-refractivity contribution >= 4 is 17.3 Å². The van der Waals surface area contributed by atoms with Gasteiger partial charge in [-0.1, -0.05) is 18.2 Å². The molecule has 1 atom stereocenters. The zero-order chi connectivity index (χ0) is 16.5. The molecule has 0 spiro atoms. The first-order valence-electron chi connectivity index (χ1n) is 7.92. The molecule has 0 fully saturated rings. The van der Waals surface area contributed by atoms with Crippen molar-refractivity contribution in [1.82, 2.24) is 10.2 Å².